The van der Waals surface area contributed by atoms with Crippen LogP contribution in [0.3, 0.4) is 0 Å². The van der Waals surface area contributed by atoms with Crippen molar-refractivity contribution >= 4 is 28.9 Å². The van der Waals surface area contributed by atoms with Crippen LogP contribution in [0.1, 0.15) is 20.3 Å². The summed E-state index contributed by atoms with van der Waals surface area (Å²) >= 11 is 1.26. The van der Waals surface area contributed by atoms with Crippen molar-refractivity contribution in [2.24, 2.45) is 0 Å². The van der Waals surface area contributed by atoms with Crippen molar-refractivity contribution in [3.63, 3.8) is 0 Å². The summed E-state index contributed by atoms with van der Waals surface area (Å²) in [5.41, 5.74) is 0. The summed E-state index contributed by atoms with van der Waals surface area (Å²) in [6, 6.07) is 6.68. The fourth-order valence-electron chi connectivity index (χ4n) is 2.60. The molecule has 0 unspecified atom stereocenters. The number of ketones is 1. The van der Waals surface area contributed by atoms with Crippen LogP contribution in [0.25, 0.3) is 0 Å². The highest BCUT2D eigenvalue weighted by Crippen LogP contribution is 2.20. The second kappa shape index (κ2) is 9.45. The summed E-state index contributed by atoms with van der Waals surface area (Å²) in [4.78, 5) is 39.4. The van der Waals surface area contributed by atoms with Gasteiger partial charge in [-0.15, -0.1) is 11.3 Å². The minimum atomic E-state index is -0.690. The van der Waals surface area contributed by atoms with Gasteiger partial charge < -0.3 is 19.8 Å². The van der Waals surface area contributed by atoms with Gasteiger partial charge in [-0.2, -0.15) is 0 Å². The first-order valence-corrected chi connectivity index (χ1v) is 9.48. The number of amides is 2. The first kappa shape index (κ1) is 19.3. The normalized spacial score (nSPS) is 14.7. The van der Waals surface area contributed by atoms with Gasteiger partial charge in [0, 0.05) is 31.1 Å². The second-order valence-electron chi connectivity index (χ2n) is 5.96. The lowest BCUT2D eigenvalue weighted by Gasteiger charge is -2.26. The standard InChI is InChI=1S/C18H21N3O5S/c22-16(14-2-1-9-26-14)15-4-3-13(27-15)12-20-18(24)17(23)19-5-6-21-7-10-25-11-8-21/h1-4,9H,5-8,10-12H2,(H,19,23)(H,20,24). The molecule has 0 bridgehead atoms. The minimum absolute atomic E-state index is 0.186. The molecule has 0 aromatic carbocycles. The molecule has 2 amide bonds. The zero-order valence-corrected chi connectivity index (χ0v) is 15.5. The number of ether oxygens (including phenoxy) is 1. The fourth-order valence-corrected chi connectivity index (χ4v) is 3.50. The van der Waals surface area contributed by atoms with E-state index in [9.17, 15) is 14.4 Å². The van der Waals surface area contributed by atoms with Gasteiger partial charge in [-0.1, -0.05) is 0 Å². The molecule has 2 aromatic heterocycles. The molecule has 1 fully saturated rings. The predicted molar refractivity (Wildman–Crippen MR) is 98.6 cm³/mol. The Bertz CT molecular complexity index is 781. The Kier molecular flexibility index (Phi) is 6.74. The largest absolute Gasteiger partial charge is 0.461 e. The van der Waals surface area contributed by atoms with Crippen LogP contribution in [0.5, 0.6) is 0 Å². The van der Waals surface area contributed by atoms with Gasteiger partial charge in [0.2, 0.25) is 5.78 Å². The fraction of sp³-hybridized carbons (Fsp3) is 0.389. The average molecular weight is 391 g/mol. The maximum Gasteiger partial charge on any atom is 0.309 e. The Morgan fingerprint density at radius 1 is 1.07 bits per heavy atom. The number of rotatable bonds is 7. The minimum Gasteiger partial charge on any atom is -0.461 e. The topological polar surface area (TPSA) is 101 Å². The molecule has 0 spiro atoms. The number of nitrogens with one attached hydrogen (secondary N) is 2. The molecule has 0 atom stereocenters. The average Bonchev–Trinajstić information content (AvgIpc) is 3.38. The summed E-state index contributed by atoms with van der Waals surface area (Å²) < 4.78 is 10.4. The van der Waals surface area contributed by atoms with Crippen molar-refractivity contribution in [3.8, 4) is 0 Å². The van der Waals surface area contributed by atoms with E-state index in [0.717, 1.165) is 18.0 Å². The van der Waals surface area contributed by atoms with Crippen molar-refractivity contribution in [3.05, 3.63) is 46.0 Å². The first-order chi connectivity index (χ1) is 13.1. The number of carbonyl (C=O) groups excluding carboxylic acids is 3. The molecule has 8 nitrogen and oxygen atoms in total. The van der Waals surface area contributed by atoms with Crippen LogP contribution in [-0.4, -0.2) is 61.9 Å². The van der Waals surface area contributed by atoms with Crippen LogP contribution in [0.4, 0.5) is 0 Å². The van der Waals surface area contributed by atoms with E-state index < -0.39 is 11.8 Å². The highest BCUT2D eigenvalue weighted by atomic mass is 32.1. The van der Waals surface area contributed by atoms with Gasteiger partial charge in [0.1, 0.15) is 0 Å². The van der Waals surface area contributed by atoms with E-state index in [4.69, 9.17) is 9.15 Å². The Balaban J connectivity index is 1.39. The highest BCUT2D eigenvalue weighted by molar-refractivity contribution is 7.14. The number of carbonyl (C=O) groups is 3. The number of morpholine rings is 1. The van der Waals surface area contributed by atoms with Crippen LogP contribution in [0, 0.1) is 0 Å². The molecule has 3 heterocycles. The second-order valence-corrected chi connectivity index (χ2v) is 7.13. The molecular formula is C18H21N3O5S. The summed E-state index contributed by atoms with van der Waals surface area (Å²) in [7, 11) is 0. The van der Waals surface area contributed by atoms with Gasteiger partial charge in [0.15, 0.2) is 5.76 Å². The molecule has 144 valence electrons. The highest BCUT2D eigenvalue weighted by Gasteiger charge is 2.17. The lowest BCUT2D eigenvalue weighted by atomic mass is 10.2. The summed E-state index contributed by atoms with van der Waals surface area (Å²) in [5, 5.41) is 5.18. The van der Waals surface area contributed by atoms with Crippen molar-refractivity contribution in [1.29, 1.82) is 0 Å². The predicted octanol–water partition coefficient (Wildman–Crippen LogP) is 0.637. The number of furan rings is 1. The molecule has 1 aliphatic rings. The Hall–Kier alpha value is -2.49. The van der Waals surface area contributed by atoms with Gasteiger partial charge in [-0.25, -0.2) is 0 Å². The van der Waals surface area contributed by atoms with E-state index in [1.165, 1.54) is 17.6 Å². The van der Waals surface area contributed by atoms with Gasteiger partial charge >= 0.3 is 11.8 Å². The monoisotopic (exact) mass is 391 g/mol. The SMILES string of the molecule is O=C(NCCN1CCOCC1)C(=O)NCc1ccc(C(=O)c2ccco2)s1. The van der Waals surface area contributed by atoms with E-state index in [1.54, 1.807) is 24.3 Å². The smallest absolute Gasteiger partial charge is 0.309 e. The molecule has 9 heteroatoms. The summed E-state index contributed by atoms with van der Waals surface area (Å²) in [6.07, 6.45) is 1.44. The third-order valence-electron chi connectivity index (χ3n) is 4.08. The number of nitrogens with zero attached hydrogens (tertiary/aromatic N) is 1. The maximum absolute atomic E-state index is 12.2. The van der Waals surface area contributed by atoms with Crippen LogP contribution in [-0.2, 0) is 20.9 Å². The maximum atomic E-state index is 12.2. The molecule has 1 saturated heterocycles. The van der Waals surface area contributed by atoms with Crippen molar-refractivity contribution in [2.45, 2.75) is 6.54 Å². The molecule has 0 aliphatic carbocycles. The number of hydrogen-bond donors (Lipinski definition) is 2. The summed E-state index contributed by atoms with van der Waals surface area (Å²) in [5.74, 6) is -1.29. The van der Waals surface area contributed by atoms with Crippen LogP contribution < -0.4 is 10.6 Å². The molecule has 2 aromatic rings. The van der Waals surface area contributed by atoms with Crippen LogP contribution in [0.15, 0.2) is 34.9 Å². The zero-order valence-electron chi connectivity index (χ0n) is 14.7. The molecule has 3 rings (SSSR count). The Morgan fingerprint density at radius 2 is 1.85 bits per heavy atom. The van der Waals surface area contributed by atoms with Gasteiger partial charge in [-0.3, -0.25) is 19.3 Å². The van der Waals surface area contributed by atoms with E-state index in [2.05, 4.69) is 15.5 Å². The van der Waals surface area contributed by atoms with Gasteiger partial charge in [0.05, 0.1) is 30.9 Å². The summed E-state index contributed by atoms with van der Waals surface area (Å²) in [6.45, 7) is 4.34. The quantitative estimate of drug-likeness (QED) is 0.531. The van der Waals surface area contributed by atoms with Crippen molar-refractivity contribution in [2.75, 3.05) is 39.4 Å². The van der Waals surface area contributed by atoms with E-state index in [0.29, 0.717) is 31.2 Å². The van der Waals surface area contributed by atoms with Gasteiger partial charge in [-0.05, 0) is 24.3 Å². The first-order valence-electron chi connectivity index (χ1n) is 8.66. The van der Waals surface area contributed by atoms with E-state index in [1.807, 2.05) is 0 Å². The molecule has 0 radical (unpaired) electrons. The van der Waals surface area contributed by atoms with Crippen molar-refractivity contribution < 1.29 is 23.5 Å². The molecule has 0 saturated carbocycles. The van der Waals surface area contributed by atoms with Crippen LogP contribution >= 0.6 is 11.3 Å². The zero-order chi connectivity index (χ0) is 19.1. The lowest BCUT2D eigenvalue weighted by Crippen LogP contribution is -2.44. The third kappa shape index (κ3) is 5.49. The van der Waals surface area contributed by atoms with E-state index in [-0.39, 0.29) is 18.1 Å². The Labute approximate surface area is 160 Å². The third-order valence-corrected chi connectivity index (χ3v) is 5.16. The number of hydrogen-bond acceptors (Lipinski definition) is 7. The van der Waals surface area contributed by atoms with Crippen molar-refractivity contribution in [1.82, 2.24) is 15.5 Å². The molecule has 2 N–H and O–H groups in total. The van der Waals surface area contributed by atoms with E-state index >= 15 is 0 Å². The van der Waals surface area contributed by atoms with Gasteiger partial charge in [0.25, 0.3) is 0 Å². The molecule has 1 aliphatic heterocycles. The molecule has 27 heavy (non-hydrogen) atoms. The molecular weight excluding hydrogens is 370 g/mol. The Morgan fingerprint density at radius 3 is 2.59 bits per heavy atom. The lowest BCUT2D eigenvalue weighted by molar-refractivity contribution is -0.139. The van der Waals surface area contributed by atoms with Crippen LogP contribution in [0.2, 0.25) is 0 Å². The number of thiophene rings is 1.